The number of anilines is 2. The molecule has 0 saturated carbocycles. The average Bonchev–Trinajstić information content (AvgIpc) is 2.92. The summed E-state index contributed by atoms with van der Waals surface area (Å²) < 4.78 is 1.27. The average molecular weight is 687 g/mol. The molecule has 0 saturated heterocycles. The van der Waals surface area contributed by atoms with Gasteiger partial charge in [0.15, 0.2) is 0 Å². The van der Waals surface area contributed by atoms with E-state index in [1.807, 2.05) is 13.0 Å². The zero-order chi connectivity index (χ0) is 30.7. The second kappa shape index (κ2) is 15.3. The molecular weight excluding hydrogens is 662 g/mol. The van der Waals surface area contributed by atoms with Crippen LogP contribution in [0.15, 0.2) is 93.9 Å². The van der Waals surface area contributed by atoms with Gasteiger partial charge in [0.05, 0.1) is 33.6 Å². The Bertz CT molecular complexity index is 1590. The molecule has 4 rings (SSSR count). The molecular formula is C30H25Br2NO8. The summed E-state index contributed by atoms with van der Waals surface area (Å²) in [4.78, 5) is 43.3. The van der Waals surface area contributed by atoms with Gasteiger partial charge in [-0.3, -0.25) is 0 Å². The van der Waals surface area contributed by atoms with Crippen molar-refractivity contribution in [2.45, 2.75) is 13.8 Å². The predicted octanol–water partition coefficient (Wildman–Crippen LogP) is 7.74. The first kappa shape index (κ1) is 32.7. The molecule has 11 heteroatoms. The Balaban J connectivity index is 0.000000236. The van der Waals surface area contributed by atoms with Crippen LogP contribution < -0.4 is 5.32 Å². The molecule has 5 N–H and O–H groups in total. The van der Waals surface area contributed by atoms with Crippen molar-refractivity contribution < 1.29 is 39.6 Å². The van der Waals surface area contributed by atoms with Crippen molar-refractivity contribution in [3.63, 3.8) is 0 Å². The molecule has 212 valence electrons. The fourth-order valence-corrected chi connectivity index (χ4v) is 4.26. The smallest absolute Gasteiger partial charge is 0.337 e. The van der Waals surface area contributed by atoms with Gasteiger partial charge in [0.25, 0.3) is 0 Å². The number of nitrogens with one attached hydrogen (secondary N) is 1. The second-order valence-electron chi connectivity index (χ2n) is 8.30. The Kier molecular flexibility index (Phi) is 12.2. The highest BCUT2D eigenvalue weighted by molar-refractivity contribution is 9.10. The van der Waals surface area contributed by atoms with Crippen LogP contribution in [0.1, 0.15) is 52.6 Å². The number of benzene rings is 4. The van der Waals surface area contributed by atoms with Gasteiger partial charge in [-0.25, -0.2) is 19.2 Å². The Morgan fingerprint density at radius 3 is 1.46 bits per heavy atom. The number of hydrogen-bond acceptors (Lipinski definition) is 5. The maximum Gasteiger partial charge on any atom is 0.337 e. The van der Waals surface area contributed by atoms with E-state index in [1.165, 1.54) is 12.1 Å². The van der Waals surface area contributed by atoms with Gasteiger partial charge in [-0.1, -0.05) is 48.5 Å². The van der Waals surface area contributed by atoms with Crippen molar-refractivity contribution in [2.75, 3.05) is 5.32 Å². The quantitative estimate of drug-likeness (QED) is 0.137. The standard InChI is InChI=1S/C15H13NO4.C8H7BrO2.C7H5BrO2/c1-9-5-4-7-11(15(19)20)13(9)16-12-8-3-2-6-10(12)14(17)18;1-5-3-2-4-6(7(5)9)8(10)11;8-6-4-2-1-3-5(6)7(9)10/h2-8,16H,1H3,(H,17,18)(H,19,20);2-4H,1H3,(H,10,11);1-4H,(H,9,10). The minimum atomic E-state index is -1.07. The SMILES string of the molecule is Cc1cccc(C(=O)O)c1Br.Cc1cccc(C(=O)O)c1Nc1ccccc1C(=O)O.O=C(O)c1ccccc1Br. The maximum absolute atomic E-state index is 11.2. The number of aromatic carboxylic acids is 4. The molecule has 41 heavy (non-hydrogen) atoms. The lowest BCUT2D eigenvalue weighted by Gasteiger charge is -2.14. The summed E-state index contributed by atoms with van der Waals surface area (Å²) in [5, 5.41) is 38.4. The summed E-state index contributed by atoms with van der Waals surface area (Å²) in [5.41, 5.74) is 3.21. The Hall–Kier alpha value is -4.48. The van der Waals surface area contributed by atoms with Crippen molar-refractivity contribution in [1.82, 2.24) is 0 Å². The number of halogens is 2. The van der Waals surface area contributed by atoms with E-state index in [1.54, 1.807) is 73.7 Å². The number of carbonyl (C=O) groups is 4. The van der Waals surface area contributed by atoms with Crippen molar-refractivity contribution in [3.05, 3.63) is 127 Å². The highest BCUT2D eigenvalue weighted by Gasteiger charge is 2.15. The van der Waals surface area contributed by atoms with Gasteiger partial charge in [0, 0.05) is 8.95 Å². The van der Waals surface area contributed by atoms with E-state index in [0.717, 1.165) is 11.1 Å². The monoisotopic (exact) mass is 685 g/mol. The van der Waals surface area contributed by atoms with Crippen LogP contribution in [0.25, 0.3) is 0 Å². The third-order valence-corrected chi connectivity index (χ3v) is 7.19. The van der Waals surface area contributed by atoms with Gasteiger partial charge >= 0.3 is 23.9 Å². The molecule has 4 aromatic rings. The third-order valence-electron chi connectivity index (χ3n) is 5.45. The lowest BCUT2D eigenvalue weighted by Crippen LogP contribution is -2.07. The van der Waals surface area contributed by atoms with E-state index in [4.69, 9.17) is 15.3 Å². The second-order valence-corrected chi connectivity index (χ2v) is 9.95. The molecule has 9 nitrogen and oxygen atoms in total. The van der Waals surface area contributed by atoms with Gasteiger partial charge in [-0.15, -0.1) is 0 Å². The van der Waals surface area contributed by atoms with Crippen LogP contribution in [0.5, 0.6) is 0 Å². The zero-order valence-corrected chi connectivity index (χ0v) is 24.9. The summed E-state index contributed by atoms with van der Waals surface area (Å²) in [6.07, 6.45) is 0. The first-order valence-corrected chi connectivity index (χ1v) is 13.3. The number of hydrogen-bond donors (Lipinski definition) is 5. The summed E-state index contributed by atoms with van der Waals surface area (Å²) in [7, 11) is 0. The minimum Gasteiger partial charge on any atom is -0.478 e. The fraction of sp³-hybridized carbons (Fsp3) is 0.0667. The molecule has 0 radical (unpaired) electrons. The van der Waals surface area contributed by atoms with Crippen molar-refractivity contribution in [2.24, 2.45) is 0 Å². The van der Waals surface area contributed by atoms with E-state index in [-0.39, 0.29) is 11.1 Å². The highest BCUT2D eigenvalue weighted by Crippen LogP contribution is 2.27. The summed E-state index contributed by atoms with van der Waals surface area (Å²) in [5.74, 6) is -3.95. The van der Waals surface area contributed by atoms with Crippen LogP contribution in [0, 0.1) is 13.8 Å². The molecule has 4 aromatic carbocycles. The zero-order valence-electron chi connectivity index (χ0n) is 21.8. The van der Waals surface area contributed by atoms with Gasteiger partial charge in [-0.2, -0.15) is 0 Å². The first-order chi connectivity index (χ1) is 19.3. The van der Waals surface area contributed by atoms with E-state index in [2.05, 4.69) is 37.2 Å². The number of carboxylic acids is 4. The van der Waals surface area contributed by atoms with Crippen molar-refractivity contribution in [1.29, 1.82) is 0 Å². The molecule has 0 heterocycles. The predicted molar refractivity (Wildman–Crippen MR) is 162 cm³/mol. The molecule has 0 amide bonds. The number of rotatable bonds is 6. The summed E-state index contributed by atoms with van der Waals surface area (Å²) in [6.45, 7) is 3.62. The van der Waals surface area contributed by atoms with Gasteiger partial charge in [0.2, 0.25) is 0 Å². The van der Waals surface area contributed by atoms with Crippen molar-refractivity contribution >= 4 is 67.1 Å². The number of para-hydroxylation sites is 2. The fourth-order valence-electron chi connectivity index (χ4n) is 3.37. The first-order valence-electron chi connectivity index (χ1n) is 11.7. The van der Waals surface area contributed by atoms with Crippen LogP contribution in [0.2, 0.25) is 0 Å². The van der Waals surface area contributed by atoms with E-state index < -0.39 is 23.9 Å². The van der Waals surface area contributed by atoms with Crippen LogP contribution in [-0.4, -0.2) is 44.3 Å². The number of aryl methyl sites for hydroxylation is 2. The normalized spacial score (nSPS) is 9.76. The van der Waals surface area contributed by atoms with Gasteiger partial charge < -0.3 is 25.7 Å². The Morgan fingerprint density at radius 1 is 0.537 bits per heavy atom. The van der Waals surface area contributed by atoms with Crippen molar-refractivity contribution in [3.8, 4) is 0 Å². The lowest BCUT2D eigenvalue weighted by molar-refractivity contribution is 0.0685. The molecule has 0 aliphatic heterocycles. The molecule has 0 unspecified atom stereocenters. The molecule has 0 aliphatic rings. The van der Waals surface area contributed by atoms with Crippen LogP contribution in [0.3, 0.4) is 0 Å². The van der Waals surface area contributed by atoms with E-state index in [9.17, 15) is 24.3 Å². The molecule has 0 aromatic heterocycles. The van der Waals surface area contributed by atoms with Crippen LogP contribution >= 0.6 is 31.9 Å². The number of carboxylic acid groups (broad SMARTS) is 4. The molecule has 0 spiro atoms. The Labute approximate surface area is 252 Å². The van der Waals surface area contributed by atoms with Crippen LogP contribution in [0.4, 0.5) is 11.4 Å². The topological polar surface area (TPSA) is 161 Å². The van der Waals surface area contributed by atoms with Gasteiger partial charge in [-0.05, 0) is 93.2 Å². The third kappa shape index (κ3) is 9.30. The highest BCUT2D eigenvalue weighted by atomic mass is 79.9. The molecule has 0 fully saturated rings. The summed E-state index contributed by atoms with van der Waals surface area (Å²) >= 11 is 6.32. The minimum absolute atomic E-state index is 0.0899. The summed E-state index contributed by atoms with van der Waals surface area (Å²) in [6, 6.07) is 23.1. The van der Waals surface area contributed by atoms with Crippen LogP contribution in [-0.2, 0) is 0 Å². The van der Waals surface area contributed by atoms with Gasteiger partial charge in [0.1, 0.15) is 0 Å². The lowest BCUT2D eigenvalue weighted by atomic mass is 10.1. The molecule has 0 bridgehead atoms. The maximum atomic E-state index is 11.2. The molecule has 0 aliphatic carbocycles. The van der Waals surface area contributed by atoms with E-state index >= 15 is 0 Å². The Morgan fingerprint density at radius 2 is 0.976 bits per heavy atom. The van der Waals surface area contributed by atoms with E-state index in [0.29, 0.717) is 31.4 Å². The largest absolute Gasteiger partial charge is 0.478 e. The molecule has 0 atom stereocenters.